The molecule has 1 heterocycles. The number of hydrogen-bond acceptors (Lipinski definition) is 3. The van der Waals surface area contributed by atoms with Gasteiger partial charge in [0, 0.05) is 45.2 Å². The summed E-state index contributed by atoms with van der Waals surface area (Å²) in [4.78, 5) is 15.6. The maximum Gasteiger partial charge on any atom is 0.219 e. The van der Waals surface area contributed by atoms with Crippen molar-refractivity contribution in [2.45, 2.75) is 19.9 Å². The summed E-state index contributed by atoms with van der Waals surface area (Å²) in [6, 6.07) is 4.87. The number of nitrogens with two attached hydrogens (primary N) is 1. The lowest BCUT2D eigenvalue weighted by atomic mass is 10.1. The molecule has 1 fully saturated rings. The second kappa shape index (κ2) is 6.95. The van der Waals surface area contributed by atoms with Gasteiger partial charge >= 0.3 is 0 Å². The van der Waals surface area contributed by atoms with Crippen LogP contribution >= 0.6 is 12.2 Å². The van der Waals surface area contributed by atoms with Crippen molar-refractivity contribution in [3.63, 3.8) is 0 Å². The van der Waals surface area contributed by atoms with E-state index in [2.05, 4.69) is 4.90 Å². The predicted molar refractivity (Wildman–Crippen MR) is 84.4 cm³/mol. The first-order chi connectivity index (χ1) is 9.97. The third kappa shape index (κ3) is 4.22. The quantitative estimate of drug-likeness (QED) is 0.860. The van der Waals surface area contributed by atoms with Gasteiger partial charge in [0.2, 0.25) is 5.91 Å². The summed E-state index contributed by atoms with van der Waals surface area (Å²) in [5, 5.41) is 0. The van der Waals surface area contributed by atoms with Gasteiger partial charge < -0.3 is 10.6 Å². The molecule has 0 bridgehead atoms. The van der Waals surface area contributed by atoms with Crippen LogP contribution in [-0.2, 0) is 11.3 Å². The summed E-state index contributed by atoms with van der Waals surface area (Å²) >= 11 is 4.86. The summed E-state index contributed by atoms with van der Waals surface area (Å²) in [6.07, 6.45) is 0.947. The molecule has 0 atom stereocenters. The Morgan fingerprint density at radius 1 is 1.33 bits per heavy atom. The molecular weight excluding hydrogens is 289 g/mol. The molecular formula is C15H20FN3OS. The zero-order valence-electron chi connectivity index (χ0n) is 12.1. The molecule has 0 saturated carbocycles. The first-order valence-corrected chi connectivity index (χ1v) is 7.44. The second-order valence-electron chi connectivity index (χ2n) is 5.31. The van der Waals surface area contributed by atoms with Crippen molar-refractivity contribution in [1.82, 2.24) is 9.80 Å². The molecule has 0 aromatic heterocycles. The molecule has 1 saturated heterocycles. The highest BCUT2D eigenvalue weighted by Gasteiger charge is 2.17. The largest absolute Gasteiger partial charge is 0.389 e. The van der Waals surface area contributed by atoms with Gasteiger partial charge in [0.15, 0.2) is 0 Å². The molecule has 0 spiro atoms. The van der Waals surface area contributed by atoms with Gasteiger partial charge in [-0.1, -0.05) is 18.3 Å². The summed E-state index contributed by atoms with van der Waals surface area (Å²) in [5.74, 6) is -0.265. The molecule has 2 N–H and O–H groups in total. The van der Waals surface area contributed by atoms with E-state index in [0.29, 0.717) is 12.1 Å². The zero-order valence-corrected chi connectivity index (χ0v) is 13.0. The van der Waals surface area contributed by atoms with E-state index in [1.807, 2.05) is 4.90 Å². The standard InChI is InChI=1S/C15H20FN3OS/c1-11(20)19-6-2-5-18(7-8-19)10-12-3-4-14(16)13(9-12)15(17)21/h3-4,9H,2,5-8,10H2,1H3,(H2,17,21). The van der Waals surface area contributed by atoms with Crippen LogP contribution in [0.3, 0.4) is 0 Å². The van der Waals surface area contributed by atoms with Crippen LogP contribution in [0.5, 0.6) is 0 Å². The maximum atomic E-state index is 13.6. The number of halogens is 1. The van der Waals surface area contributed by atoms with E-state index in [4.69, 9.17) is 18.0 Å². The van der Waals surface area contributed by atoms with Crippen LogP contribution in [-0.4, -0.2) is 46.9 Å². The SMILES string of the molecule is CC(=O)N1CCCN(Cc2ccc(F)c(C(N)=S)c2)CC1. The van der Waals surface area contributed by atoms with Gasteiger partial charge in [-0.05, 0) is 24.1 Å². The van der Waals surface area contributed by atoms with Crippen LogP contribution in [0.25, 0.3) is 0 Å². The number of nitrogens with zero attached hydrogens (tertiary/aromatic N) is 2. The summed E-state index contributed by atoms with van der Waals surface area (Å²) in [6.45, 7) is 5.58. The monoisotopic (exact) mass is 309 g/mol. The molecule has 1 aliphatic rings. The highest BCUT2D eigenvalue weighted by molar-refractivity contribution is 7.80. The number of rotatable bonds is 3. The van der Waals surface area contributed by atoms with Crippen molar-refractivity contribution in [1.29, 1.82) is 0 Å². The van der Waals surface area contributed by atoms with Gasteiger partial charge in [-0.3, -0.25) is 9.69 Å². The molecule has 0 aliphatic carbocycles. The molecule has 1 aromatic rings. The summed E-state index contributed by atoms with van der Waals surface area (Å²) in [5.41, 5.74) is 6.80. The highest BCUT2D eigenvalue weighted by Crippen LogP contribution is 2.14. The number of carbonyl (C=O) groups excluding carboxylic acids is 1. The number of benzene rings is 1. The van der Waals surface area contributed by atoms with E-state index >= 15 is 0 Å². The zero-order chi connectivity index (χ0) is 15.4. The lowest BCUT2D eigenvalue weighted by Gasteiger charge is -2.21. The molecule has 0 radical (unpaired) electrons. The first-order valence-electron chi connectivity index (χ1n) is 7.03. The van der Waals surface area contributed by atoms with Crippen LogP contribution in [0.1, 0.15) is 24.5 Å². The minimum Gasteiger partial charge on any atom is -0.389 e. The molecule has 21 heavy (non-hydrogen) atoms. The van der Waals surface area contributed by atoms with E-state index in [0.717, 1.165) is 38.2 Å². The van der Waals surface area contributed by atoms with Gasteiger partial charge in [0.25, 0.3) is 0 Å². The fraction of sp³-hybridized carbons (Fsp3) is 0.467. The Morgan fingerprint density at radius 2 is 2.10 bits per heavy atom. The fourth-order valence-corrected chi connectivity index (χ4v) is 2.72. The minimum absolute atomic E-state index is 0.0768. The third-order valence-electron chi connectivity index (χ3n) is 3.74. The fourth-order valence-electron chi connectivity index (χ4n) is 2.56. The van der Waals surface area contributed by atoms with Crippen molar-refractivity contribution in [2.75, 3.05) is 26.2 Å². The lowest BCUT2D eigenvalue weighted by Crippen LogP contribution is -2.33. The smallest absolute Gasteiger partial charge is 0.219 e. The topological polar surface area (TPSA) is 49.6 Å². The van der Waals surface area contributed by atoms with E-state index in [1.165, 1.54) is 6.07 Å². The van der Waals surface area contributed by atoms with Gasteiger partial charge in [0.1, 0.15) is 10.8 Å². The van der Waals surface area contributed by atoms with Crippen LogP contribution in [0.15, 0.2) is 18.2 Å². The van der Waals surface area contributed by atoms with Crippen molar-refractivity contribution < 1.29 is 9.18 Å². The second-order valence-corrected chi connectivity index (χ2v) is 5.75. The van der Waals surface area contributed by atoms with Gasteiger partial charge in [-0.25, -0.2) is 4.39 Å². The average Bonchev–Trinajstić information content (AvgIpc) is 2.66. The first kappa shape index (κ1) is 15.9. The number of hydrogen-bond donors (Lipinski definition) is 1. The van der Waals surface area contributed by atoms with Crippen molar-refractivity contribution in [2.24, 2.45) is 5.73 Å². The van der Waals surface area contributed by atoms with Gasteiger partial charge in [-0.15, -0.1) is 0 Å². The minimum atomic E-state index is -0.384. The Morgan fingerprint density at radius 3 is 2.76 bits per heavy atom. The normalized spacial score (nSPS) is 16.6. The van der Waals surface area contributed by atoms with Crippen LogP contribution in [0, 0.1) is 5.82 Å². The van der Waals surface area contributed by atoms with Gasteiger partial charge in [0.05, 0.1) is 0 Å². The van der Waals surface area contributed by atoms with Crippen molar-refractivity contribution in [3.8, 4) is 0 Å². The number of carbonyl (C=O) groups is 1. The van der Waals surface area contributed by atoms with Crippen molar-refractivity contribution >= 4 is 23.1 Å². The number of amides is 1. The van der Waals surface area contributed by atoms with Gasteiger partial charge in [-0.2, -0.15) is 0 Å². The molecule has 114 valence electrons. The van der Waals surface area contributed by atoms with Crippen LogP contribution < -0.4 is 5.73 Å². The molecule has 6 heteroatoms. The van der Waals surface area contributed by atoms with Crippen molar-refractivity contribution in [3.05, 3.63) is 35.1 Å². The Hall–Kier alpha value is -1.53. The Kier molecular flexibility index (Phi) is 5.25. The van der Waals surface area contributed by atoms with E-state index in [1.54, 1.807) is 19.1 Å². The molecule has 0 unspecified atom stereocenters. The molecule has 1 aliphatic heterocycles. The summed E-state index contributed by atoms with van der Waals surface area (Å²) < 4.78 is 13.6. The summed E-state index contributed by atoms with van der Waals surface area (Å²) in [7, 11) is 0. The maximum absolute atomic E-state index is 13.6. The van der Waals surface area contributed by atoms with E-state index in [9.17, 15) is 9.18 Å². The van der Waals surface area contributed by atoms with E-state index in [-0.39, 0.29) is 16.7 Å². The molecule has 1 aromatic carbocycles. The molecule has 1 amide bonds. The predicted octanol–water partition coefficient (Wildman–Crippen LogP) is 1.51. The third-order valence-corrected chi connectivity index (χ3v) is 3.96. The van der Waals surface area contributed by atoms with Crippen LogP contribution in [0.4, 0.5) is 4.39 Å². The number of thiocarbonyl (C=S) groups is 1. The molecule has 2 rings (SSSR count). The lowest BCUT2D eigenvalue weighted by molar-refractivity contribution is -0.128. The Balaban J connectivity index is 2.03. The Bertz CT molecular complexity index is 550. The van der Waals surface area contributed by atoms with Crippen LogP contribution in [0.2, 0.25) is 0 Å². The molecule has 4 nitrogen and oxygen atoms in total. The Labute approximate surface area is 129 Å². The highest BCUT2D eigenvalue weighted by atomic mass is 32.1. The van der Waals surface area contributed by atoms with E-state index < -0.39 is 0 Å². The average molecular weight is 309 g/mol.